The molecule has 2 nitrogen and oxygen atoms in total. The normalized spacial score (nSPS) is 12.2. The highest BCUT2D eigenvalue weighted by atomic mass is 79.9. The van der Waals surface area contributed by atoms with Gasteiger partial charge in [-0.3, -0.25) is 0 Å². The molecule has 112 valence electrons. The Morgan fingerprint density at radius 3 is 2.48 bits per heavy atom. The molecule has 0 aliphatic carbocycles. The van der Waals surface area contributed by atoms with Crippen molar-refractivity contribution in [2.45, 2.75) is 26.8 Å². The van der Waals surface area contributed by atoms with E-state index in [1.807, 2.05) is 19.1 Å². The molecule has 2 rings (SSSR count). The second kappa shape index (κ2) is 7.62. The van der Waals surface area contributed by atoms with E-state index < -0.39 is 0 Å². The van der Waals surface area contributed by atoms with Crippen LogP contribution in [0.1, 0.15) is 36.6 Å². The molecule has 21 heavy (non-hydrogen) atoms. The van der Waals surface area contributed by atoms with E-state index >= 15 is 0 Å². The van der Waals surface area contributed by atoms with Gasteiger partial charge in [0.25, 0.3) is 0 Å². The quantitative estimate of drug-likeness (QED) is 0.805. The molecular weight excluding hydrogens is 326 g/mol. The summed E-state index contributed by atoms with van der Waals surface area (Å²) in [7, 11) is 0. The van der Waals surface area contributed by atoms with Crippen LogP contribution < -0.4 is 10.1 Å². The van der Waals surface area contributed by atoms with Gasteiger partial charge >= 0.3 is 0 Å². The summed E-state index contributed by atoms with van der Waals surface area (Å²) in [6, 6.07) is 14.7. The van der Waals surface area contributed by atoms with Crippen molar-refractivity contribution in [1.82, 2.24) is 5.32 Å². The molecule has 0 aromatic heterocycles. The van der Waals surface area contributed by atoms with Crippen LogP contribution >= 0.6 is 15.9 Å². The average Bonchev–Trinajstić information content (AvgIpc) is 2.49. The van der Waals surface area contributed by atoms with E-state index in [2.05, 4.69) is 65.4 Å². The molecule has 3 heteroatoms. The molecule has 0 fully saturated rings. The standard InChI is InChI=1S/C18H22BrNO/c1-4-20-18(14-10-8-11-16(19)13(14)3)15-9-6-7-12-17(15)21-5-2/h6-12,18,20H,4-5H2,1-3H3. The second-order valence-corrected chi connectivity index (χ2v) is 5.77. The van der Waals surface area contributed by atoms with Crippen molar-refractivity contribution < 1.29 is 4.74 Å². The number of hydrogen-bond donors (Lipinski definition) is 1. The Labute approximate surface area is 135 Å². The van der Waals surface area contributed by atoms with Gasteiger partial charge in [0.05, 0.1) is 12.6 Å². The van der Waals surface area contributed by atoms with E-state index in [1.54, 1.807) is 0 Å². The summed E-state index contributed by atoms with van der Waals surface area (Å²) in [5, 5.41) is 3.58. The van der Waals surface area contributed by atoms with Crippen LogP contribution in [0.25, 0.3) is 0 Å². The Morgan fingerprint density at radius 2 is 1.76 bits per heavy atom. The van der Waals surface area contributed by atoms with Crippen LogP contribution in [0.5, 0.6) is 5.75 Å². The second-order valence-electron chi connectivity index (χ2n) is 4.92. The van der Waals surface area contributed by atoms with Gasteiger partial charge in [0.1, 0.15) is 5.75 Å². The maximum atomic E-state index is 5.80. The molecule has 0 spiro atoms. The highest BCUT2D eigenvalue weighted by Gasteiger charge is 2.19. The summed E-state index contributed by atoms with van der Waals surface area (Å²) >= 11 is 3.63. The van der Waals surface area contributed by atoms with Crippen molar-refractivity contribution in [2.24, 2.45) is 0 Å². The Morgan fingerprint density at radius 1 is 1.05 bits per heavy atom. The van der Waals surface area contributed by atoms with Crippen LogP contribution in [0.3, 0.4) is 0 Å². The first-order valence-electron chi connectivity index (χ1n) is 7.39. The lowest BCUT2D eigenvalue weighted by molar-refractivity contribution is 0.333. The summed E-state index contributed by atoms with van der Waals surface area (Å²) in [4.78, 5) is 0. The van der Waals surface area contributed by atoms with Crippen molar-refractivity contribution >= 4 is 15.9 Å². The molecule has 0 saturated heterocycles. The van der Waals surface area contributed by atoms with E-state index in [1.165, 1.54) is 16.7 Å². The fraction of sp³-hybridized carbons (Fsp3) is 0.333. The minimum absolute atomic E-state index is 0.134. The maximum absolute atomic E-state index is 5.80. The van der Waals surface area contributed by atoms with E-state index in [-0.39, 0.29) is 6.04 Å². The van der Waals surface area contributed by atoms with Crippen molar-refractivity contribution in [2.75, 3.05) is 13.2 Å². The summed E-state index contributed by atoms with van der Waals surface area (Å²) in [5.74, 6) is 0.949. The summed E-state index contributed by atoms with van der Waals surface area (Å²) in [6.45, 7) is 7.87. The maximum Gasteiger partial charge on any atom is 0.124 e. The Hall–Kier alpha value is -1.32. The molecule has 0 amide bonds. The highest BCUT2D eigenvalue weighted by molar-refractivity contribution is 9.10. The third-order valence-electron chi connectivity index (χ3n) is 3.56. The predicted molar refractivity (Wildman–Crippen MR) is 92.0 cm³/mol. The number of rotatable bonds is 6. The van der Waals surface area contributed by atoms with Crippen molar-refractivity contribution in [3.05, 3.63) is 63.6 Å². The number of ether oxygens (including phenoxy) is 1. The van der Waals surface area contributed by atoms with Gasteiger partial charge < -0.3 is 10.1 Å². The van der Waals surface area contributed by atoms with Crippen LogP contribution in [0, 0.1) is 6.92 Å². The zero-order valence-corrected chi connectivity index (χ0v) is 14.4. The molecule has 0 radical (unpaired) electrons. The summed E-state index contributed by atoms with van der Waals surface area (Å²) in [6.07, 6.45) is 0. The lowest BCUT2D eigenvalue weighted by atomic mass is 9.94. The number of nitrogens with one attached hydrogen (secondary N) is 1. The molecule has 0 aliphatic heterocycles. The summed E-state index contributed by atoms with van der Waals surface area (Å²) in [5.41, 5.74) is 3.72. The van der Waals surface area contributed by atoms with Crippen LogP contribution in [0.4, 0.5) is 0 Å². The number of halogens is 1. The molecule has 1 N–H and O–H groups in total. The number of hydrogen-bond acceptors (Lipinski definition) is 2. The fourth-order valence-corrected chi connectivity index (χ4v) is 2.92. The van der Waals surface area contributed by atoms with E-state index in [9.17, 15) is 0 Å². The van der Waals surface area contributed by atoms with Crippen LogP contribution in [-0.4, -0.2) is 13.2 Å². The molecule has 0 saturated carbocycles. The molecular formula is C18H22BrNO. The van der Waals surface area contributed by atoms with Gasteiger partial charge in [0.15, 0.2) is 0 Å². The first-order chi connectivity index (χ1) is 10.2. The largest absolute Gasteiger partial charge is 0.494 e. The topological polar surface area (TPSA) is 21.3 Å². The molecule has 0 bridgehead atoms. The fourth-order valence-electron chi connectivity index (χ4n) is 2.53. The molecule has 2 aromatic rings. The lowest BCUT2D eigenvalue weighted by Gasteiger charge is -2.23. The van der Waals surface area contributed by atoms with Crippen LogP contribution in [0.2, 0.25) is 0 Å². The first-order valence-corrected chi connectivity index (χ1v) is 8.18. The van der Waals surface area contributed by atoms with E-state index in [0.717, 1.165) is 16.8 Å². The minimum Gasteiger partial charge on any atom is -0.494 e. The van der Waals surface area contributed by atoms with E-state index in [4.69, 9.17) is 4.74 Å². The Balaban J connectivity index is 2.51. The van der Waals surface area contributed by atoms with Gasteiger partial charge in [-0.25, -0.2) is 0 Å². The zero-order chi connectivity index (χ0) is 15.2. The monoisotopic (exact) mass is 347 g/mol. The van der Waals surface area contributed by atoms with Crippen molar-refractivity contribution in [3.8, 4) is 5.75 Å². The minimum atomic E-state index is 0.134. The Kier molecular flexibility index (Phi) is 5.83. The molecule has 1 atom stereocenters. The third-order valence-corrected chi connectivity index (χ3v) is 4.42. The van der Waals surface area contributed by atoms with Gasteiger partial charge in [-0.05, 0) is 43.7 Å². The van der Waals surface area contributed by atoms with Crippen LogP contribution in [0.15, 0.2) is 46.9 Å². The van der Waals surface area contributed by atoms with E-state index in [0.29, 0.717) is 6.61 Å². The molecule has 2 aromatic carbocycles. The van der Waals surface area contributed by atoms with Gasteiger partial charge in [0.2, 0.25) is 0 Å². The van der Waals surface area contributed by atoms with Gasteiger partial charge in [-0.2, -0.15) is 0 Å². The number of para-hydroxylation sites is 1. The first kappa shape index (κ1) is 16.1. The van der Waals surface area contributed by atoms with Crippen molar-refractivity contribution in [3.63, 3.8) is 0 Å². The SMILES string of the molecule is CCNC(c1ccccc1OCC)c1cccc(Br)c1C. The zero-order valence-electron chi connectivity index (χ0n) is 12.8. The highest BCUT2D eigenvalue weighted by Crippen LogP contribution is 2.33. The third kappa shape index (κ3) is 3.66. The lowest BCUT2D eigenvalue weighted by Crippen LogP contribution is -2.23. The van der Waals surface area contributed by atoms with Gasteiger partial charge in [0, 0.05) is 10.0 Å². The predicted octanol–water partition coefficient (Wildman–Crippen LogP) is 4.86. The van der Waals surface area contributed by atoms with Crippen molar-refractivity contribution in [1.29, 1.82) is 0 Å². The molecule has 0 aliphatic rings. The van der Waals surface area contributed by atoms with Gasteiger partial charge in [-0.15, -0.1) is 0 Å². The van der Waals surface area contributed by atoms with Crippen LogP contribution in [-0.2, 0) is 0 Å². The van der Waals surface area contributed by atoms with Gasteiger partial charge in [-0.1, -0.05) is 53.2 Å². The molecule has 0 heterocycles. The average molecular weight is 348 g/mol. The summed E-state index contributed by atoms with van der Waals surface area (Å²) < 4.78 is 6.94. The Bertz CT molecular complexity index is 598. The molecule has 1 unspecified atom stereocenters. The smallest absolute Gasteiger partial charge is 0.124 e. The number of benzene rings is 2.